The first-order chi connectivity index (χ1) is 12.0. The van der Waals surface area contributed by atoms with Gasteiger partial charge in [-0.25, -0.2) is 8.42 Å². The second-order valence-corrected chi connectivity index (χ2v) is 8.11. The summed E-state index contributed by atoms with van der Waals surface area (Å²) in [5.74, 6) is 0.730. The highest BCUT2D eigenvalue weighted by molar-refractivity contribution is 7.89. The summed E-state index contributed by atoms with van der Waals surface area (Å²) < 4.78 is 33.7. The van der Waals surface area contributed by atoms with Crippen LogP contribution in [0.3, 0.4) is 0 Å². The molecule has 0 spiro atoms. The highest BCUT2D eigenvalue weighted by Gasteiger charge is 2.27. The molecule has 7 heteroatoms. The summed E-state index contributed by atoms with van der Waals surface area (Å²) in [5, 5.41) is 0. The molecule has 1 aliphatic rings. The molecule has 25 heavy (non-hydrogen) atoms. The van der Waals surface area contributed by atoms with Crippen LogP contribution in [0.4, 0.5) is 0 Å². The van der Waals surface area contributed by atoms with Crippen molar-refractivity contribution in [2.75, 3.05) is 19.7 Å². The molecule has 2 aromatic rings. The monoisotopic (exact) mass is 362 g/mol. The average molecular weight is 362 g/mol. The van der Waals surface area contributed by atoms with E-state index in [0.717, 1.165) is 24.2 Å². The molecule has 3 rings (SSSR count). The summed E-state index contributed by atoms with van der Waals surface area (Å²) in [6, 6.07) is 10.3. The van der Waals surface area contributed by atoms with E-state index in [4.69, 9.17) is 4.74 Å². The Balaban J connectivity index is 1.72. The summed E-state index contributed by atoms with van der Waals surface area (Å²) in [7, 11) is -3.53. The Morgan fingerprint density at radius 2 is 1.88 bits per heavy atom. The zero-order valence-electron chi connectivity index (χ0n) is 14.2. The third-order valence-corrected chi connectivity index (χ3v) is 6.13. The topological polar surface area (TPSA) is 68.6 Å². The van der Waals surface area contributed by atoms with E-state index in [1.54, 1.807) is 0 Å². The normalized spacial score (nSPS) is 15.4. The fourth-order valence-electron chi connectivity index (χ4n) is 2.88. The van der Waals surface area contributed by atoms with Crippen molar-refractivity contribution >= 4 is 10.0 Å². The van der Waals surface area contributed by atoms with E-state index in [9.17, 15) is 13.2 Å². The largest absolute Gasteiger partial charge is 0.492 e. The van der Waals surface area contributed by atoms with Crippen LogP contribution in [-0.2, 0) is 16.6 Å². The zero-order chi connectivity index (χ0) is 17.9. The van der Waals surface area contributed by atoms with Gasteiger partial charge in [0.05, 0.1) is 11.4 Å². The van der Waals surface area contributed by atoms with Gasteiger partial charge in [-0.05, 0) is 43.5 Å². The van der Waals surface area contributed by atoms with Gasteiger partial charge in [0.15, 0.2) is 0 Å². The third kappa shape index (κ3) is 4.11. The number of nitrogens with zero attached hydrogens (tertiary/aromatic N) is 2. The SMILES string of the molecule is Cc1cccc(OCCn2cc(S(=O)(=O)N3CCCC3)ccc2=O)c1. The molecule has 1 aliphatic heterocycles. The molecule has 1 fully saturated rings. The fourth-order valence-corrected chi connectivity index (χ4v) is 4.42. The summed E-state index contributed by atoms with van der Waals surface area (Å²) in [4.78, 5) is 12.2. The van der Waals surface area contributed by atoms with Crippen LogP contribution < -0.4 is 10.3 Å². The molecule has 6 nitrogen and oxygen atoms in total. The van der Waals surface area contributed by atoms with Crippen LogP contribution in [0.5, 0.6) is 5.75 Å². The lowest BCUT2D eigenvalue weighted by Crippen LogP contribution is -2.30. The first-order valence-electron chi connectivity index (χ1n) is 8.37. The molecule has 2 heterocycles. The maximum absolute atomic E-state index is 12.6. The number of rotatable bonds is 6. The number of hydrogen-bond acceptors (Lipinski definition) is 4. The quantitative estimate of drug-likeness (QED) is 0.788. The van der Waals surface area contributed by atoms with Gasteiger partial charge < -0.3 is 9.30 Å². The number of hydrogen-bond donors (Lipinski definition) is 0. The van der Waals surface area contributed by atoms with Crippen molar-refractivity contribution in [1.29, 1.82) is 0 Å². The van der Waals surface area contributed by atoms with Crippen LogP contribution in [0.1, 0.15) is 18.4 Å². The Kier molecular flexibility index (Phi) is 5.24. The van der Waals surface area contributed by atoms with Crippen molar-refractivity contribution in [2.24, 2.45) is 0 Å². The van der Waals surface area contributed by atoms with Crippen LogP contribution in [-0.4, -0.2) is 37.0 Å². The lowest BCUT2D eigenvalue weighted by Gasteiger charge is -2.16. The minimum absolute atomic E-state index is 0.157. The van der Waals surface area contributed by atoms with Gasteiger partial charge >= 0.3 is 0 Å². The maximum Gasteiger partial charge on any atom is 0.250 e. The number of aryl methyl sites for hydroxylation is 1. The van der Waals surface area contributed by atoms with Crippen molar-refractivity contribution in [1.82, 2.24) is 8.87 Å². The summed E-state index contributed by atoms with van der Waals surface area (Å²) in [5.41, 5.74) is 0.849. The minimum Gasteiger partial charge on any atom is -0.492 e. The zero-order valence-corrected chi connectivity index (χ0v) is 15.0. The van der Waals surface area contributed by atoms with Crippen molar-refractivity contribution in [3.05, 3.63) is 58.5 Å². The van der Waals surface area contributed by atoms with E-state index >= 15 is 0 Å². The van der Waals surface area contributed by atoms with Gasteiger partial charge in [0, 0.05) is 25.4 Å². The van der Waals surface area contributed by atoms with Crippen molar-refractivity contribution < 1.29 is 13.2 Å². The number of benzene rings is 1. The van der Waals surface area contributed by atoms with Gasteiger partial charge in [0.25, 0.3) is 5.56 Å². The molecule has 0 atom stereocenters. The lowest BCUT2D eigenvalue weighted by atomic mass is 10.2. The standard InChI is InChI=1S/C18H22N2O4S/c1-15-5-4-6-16(13-15)24-12-11-19-14-17(7-8-18(19)21)25(22,23)20-9-2-3-10-20/h4-8,13-14H,2-3,9-12H2,1H3. The number of sulfonamides is 1. The predicted octanol–water partition coefficient (Wildman–Crippen LogP) is 2.02. The van der Waals surface area contributed by atoms with Gasteiger partial charge in [-0.3, -0.25) is 4.79 Å². The Morgan fingerprint density at radius 3 is 2.60 bits per heavy atom. The minimum atomic E-state index is -3.53. The molecule has 134 valence electrons. The van der Waals surface area contributed by atoms with Crippen LogP contribution >= 0.6 is 0 Å². The Labute approximate surface area is 147 Å². The van der Waals surface area contributed by atoms with Gasteiger partial charge in [0.2, 0.25) is 10.0 Å². The van der Waals surface area contributed by atoms with Crippen molar-refractivity contribution in [3.8, 4) is 5.75 Å². The van der Waals surface area contributed by atoms with E-state index in [1.165, 1.54) is 27.2 Å². The first kappa shape index (κ1) is 17.7. The number of aromatic nitrogens is 1. The molecule has 1 saturated heterocycles. The van der Waals surface area contributed by atoms with E-state index in [1.807, 2.05) is 31.2 Å². The Morgan fingerprint density at radius 1 is 1.12 bits per heavy atom. The second kappa shape index (κ2) is 7.41. The smallest absolute Gasteiger partial charge is 0.250 e. The third-order valence-electron chi connectivity index (χ3n) is 4.25. The lowest BCUT2D eigenvalue weighted by molar-refractivity contribution is 0.295. The summed E-state index contributed by atoms with van der Waals surface area (Å²) in [6.45, 7) is 3.63. The maximum atomic E-state index is 12.6. The molecule has 1 aromatic heterocycles. The van der Waals surface area contributed by atoms with Gasteiger partial charge in [-0.15, -0.1) is 0 Å². The van der Waals surface area contributed by atoms with Crippen LogP contribution in [0, 0.1) is 6.92 Å². The van der Waals surface area contributed by atoms with E-state index < -0.39 is 10.0 Å². The highest BCUT2D eigenvalue weighted by atomic mass is 32.2. The fraction of sp³-hybridized carbons (Fsp3) is 0.389. The molecule has 0 aliphatic carbocycles. The van der Waals surface area contributed by atoms with Crippen molar-refractivity contribution in [3.63, 3.8) is 0 Å². The van der Waals surface area contributed by atoms with Crippen LogP contribution in [0.15, 0.2) is 52.3 Å². The first-order valence-corrected chi connectivity index (χ1v) is 9.81. The average Bonchev–Trinajstić information content (AvgIpc) is 3.12. The molecular weight excluding hydrogens is 340 g/mol. The van der Waals surface area contributed by atoms with Gasteiger partial charge in [-0.2, -0.15) is 4.31 Å². The van der Waals surface area contributed by atoms with Crippen LogP contribution in [0.25, 0.3) is 0 Å². The highest BCUT2D eigenvalue weighted by Crippen LogP contribution is 2.19. The molecule has 0 unspecified atom stereocenters. The molecule has 0 saturated carbocycles. The number of ether oxygens (including phenoxy) is 1. The van der Waals surface area contributed by atoms with Gasteiger partial charge in [-0.1, -0.05) is 12.1 Å². The Hall–Kier alpha value is -2.12. The predicted molar refractivity (Wildman–Crippen MR) is 95.4 cm³/mol. The Bertz CT molecular complexity index is 899. The van der Waals surface area contributed by atoms with Crippen LogP contribution in [0.2, 0.25) is 0 Å². The molecule has 0 N–H and O–H groups in total. The van der Waals surface area contributed by atoms with E-state index in [-0.39, 0.29) is 23.6 Å². The molecule has 0 amide bonds. The molecule has 0 bridgehead atoms. The number of pyridine rings is 1. The second-order valence-electron chi connectivity index (χ2n) is 6.17. The summed E-state index contributed by atoms with van der Waals surface area (Å²) >= 11 is 0. The van der Waals surface area contributed by atoms with Gasteiger partial charge in [0.1, 0.15) is 12.4 Å². The van der Waals surface area contributed by atoms with Crippen molar-refractivity contribution in [2.45, 2.75) is 31.2 Å². The molecular formula is C18H22N2O4S. The molecule has 0 radical (unpaired) electrons. The van der Waals surface area contributed by atoms with E-state index in [2.05, 4.69) is 0 Å². The molecule has 1 aromatic carbocycles. The summed E-state index contributed by atoms with van der Waals surface area (Å²) in [6.07, 6.45) is 3.17. The van der Waals surface area contributed by atoms with E-state index in [0.29, 0.717) is 13.1 Å².